The fraction of sp³-hybridized carbons (Fsp3) is 0.727. The van der Waals surface area contributed by atoms with Crippen LogP contribution in [0.1, 0.15) is 86.5 Å². The third-order valence-corrected chi connectivity index (χ3v) is 16.0. The largest absolute Gasteiger partial charge is 0.466 e. The lowest BCUT2D eigenvalue weighted by molar-refractivity contribution is -0.134. The fourth-order valence-corrected chi connectivity index (χ4v) is 9.53. The molecule has 3 fully saturated rings. The summed E-state index contributed by atoms with van der Waals surface area (Å²) in [7, 11) is -0.330. The Bertz CT molecular complexity index is 996. The zero-order chi connectivity index (χ0) is 27.2. The average Bonchev–Trinajstić information content (AvgIpc) is 3.18. The highest BCUT2D eigenvalue weighted by Crippen LogP contribution is 2.66. The van der Waals surface area contributed by atoms with Crippen molar-refractivity contribution < 1.29 is 14.0 Å². The molecule has 4 heteroatoms. The van der Waals surface area contributed by atoms with Gasteiger partial charge in [-0.05, 0) is 97.6 Å². The van der Waals surface area contributed by atoms with Gasteiger partial charge in [0, 0.05) is 12.2 Å². The second kappa shape index (κ2) is 10.3. The van der Waals surface area contributed by atoms with Crippen molar-refractivity contribution >= 4 is 14.3 Å². The van der Waals surface area contributed by atoms with Crippen LogP contribution in [0.25, 0.3) is 0 Å². The molecule has 4 aliphatic carbocycles. The zero-order valence-corrected chi connectivity index (χ0v) is 26.0. The molecular weight excluding hydrogens is 472 g/mol. The second-order valence-corrected chi connectivity index (χ2v) is 19.2. The summed E-state index contributed by atoms with van der Waals surface area (Å²) in [5.41, 5.74) is 4.08. The first kappa shape index (κ1) is 28.6. The molecule has 4 rings (SSSR count). The number of rotatable bonds is 6. The van der Waals surface area contributed by atoms with Crippen molar-refractivity contribution in [3.05, 3.63) is 47.6 Å². The predicted molar refractivity (Wildman–Crippen MR) is 157 cm³/mol. The molecule has 4 aliphatic rings. The van der Waals surface area contributed by atoms with Gasteiger partial charge in [0.25, 0.3) is 0 Å². The highest BCUT2D eigenvalue weighted by molar-refractivity contribution is 6.74. The molecule has 0 aromatic heterocycles. The molecule has 0 unspecified atom stereocenters. The van der Waals surface area contributed by atoms with E-state index in [4.69, 9.17) is 9.16 Å². The van der Waals surface area contributed by atoms with Crippen LogP contribution in [0, 0.1) is 34.5 Å². The molecule has 7 atom stereocenters. The maximum Gasteiger partial charge on any atom is 0.330 e. The number of methoxy groups -OCH3 is 1. The van der Waals surface area contributed by atoms with Crippen molar-refractivity contribution in [2.45, 2.75) is 111 Å². The molecule has 0 spiro atoms. The third-order valence-electron chi connectivity index (χ3n) is 11.5. The minimum atomic E-state index is -1.75. The van der Waals surface area contributed by atoms with Gasteiger partial charge < -0.3 is 9.16 Å². The average molecular weight is 525 g/mol. The van der Waals surface area contributed by atoms with Crippen LogP contribution in [0.2, 0.25) is 18.1 Å². The van der Waals surface area contributed by atoms with Gasteiger partial charge in [0.05, 0.1) is 7.11 Å². The lowest BCUT2D eigenvalue weighted by Gasteiger charge is -2.55. The van der Waals surface area contributed by atoms with Gasteiger partial charge >= 0.3 is 5.97 Å². The molecule has 0 radical (unpaired) electrons. The van der Waals surface area contributed by atoms with Gasteiger partial charge in [0.2, 0.25) is 0 Å². The molecule has 0 aromatic carbocycles. The third kappa shape index (κ3) is 5.26. The van der Waals surface area contributed by atoms with E-state index in [0.29, 0.717) is 40.6 Å². The standard InChI is InChI=1S/C33H52O3Si/c1-23(12-10-11-13-30(34)35-7)27-16-17-28-26-15-14-24-22-25(36-37(8,9)31(2,3)4)18-20-32(24,5)29(26)19-21-33(27,28)6/h10-15,23,25,27-29H,16-22H2,1-9H3/b12-10+,13-11+/t23-,25-,27+,28-,29-,32-,33+/m0/s1. The Labute approximate surface area is 228 Å². The van der Waals surface area contributed by atoms with Gasteiger partial charge in [-0.25, -0.2) is 4.79 Å². The van der Waals surface area contributed by atoms with E-state index in [-0.39, 0.29) is 11.0 Å². The summed E-state index contributed by atoms with van der Waals surface area (Å²) in [6.45, 7) is 19.4. The summed E-state index contributed by atoms with van der Waals surface area (Å²) < 4.78 is 11.6. The van der Waals surface area contributed by atoms with E-state index in [1.807, 2.05) is 12.2 Å². The highest BCUT2D eigenvalue weighted by atomic mass is 28.4. The SMILES string of the molecule is COC(=O)/C=C/C=C/[C@H](C)[C@H]1CC[C@H]2C3=CC=C4C[C@@H](O[Si](C)(C)C(C)(C)C)CC[C@]4(C)[C@H]3CC[C@]12C. The van der Waals surface area contributed by atoms with Crippen LogP contribution in [0.5, 0.6) is 0 Å². The summed E-state index contributed by atoms with van der Waals surface area (Å²) in [5.74, 6) is 2.30. The molecule has 3 saturated carbocycles. The van der Waals surface area contributed by atoms with Gasteiger partial charge in [-0.2, -0.15) is 0 Å². The first-order valence-corrected chi connectivity index (χ1v) is 17.7. The predicted octanol–water partition coefficient (Wildman–Crippen LogP) is 8.80. The van der Waals surface area contributed by atoms with E-state index < -0.39 is 8.32 Å². The van der Waals surface area contributed by atoms with E-state index >= 15 is 0 Å². The van der Waals surface area contributed by atoms with Crippen LogP contribution >= 0.6 is 0 Å². The zero-order valence-electron chi connectivity index (χ0n) is 25.0. The molecule has 0 saturated heterocycles. The van der Waals surface area contributed by atoms with Crippen molar-refractivity contribution in [2.75, 3.05) is 7.11 Å². The molecule has 37 heavy (non-hydrogen) atoms. The number of fused-ring (bicyclic) bond motifs is 5. The monoisotopic (exact) mass is 524 g/mol. The number of ether oxygens (including phenoxy) is 1. The van der Waals surface area contributed by atoms with Crippen LogP contribution in [0.4, 0.5) is 0 Å². The molecule has 0 heterocycles. The number of esters is 1. The summed E-state index contributed by atoms with van der Waals surface area (Å²) >= 11 is 0. The normalized spacial score (nSPS) is 37.0. The number of hydrogen-bond acceptors (Lipinski definition) is 3. The Morgan fingerprint density at radius 1 is 1.05 bits per heavy atom. The number of hydrogen-bond donors (Lipinski definition) is 0. The summed E-state index contributed by atoms with van der Waals surface area (Å²) in [5, 5.41) is 0.262. The Morgan fingerprint density at radius 2 is 1.78 bits per heavy atom. The molecule has 206 valence electrons. The first-order chi connectivity index (χ1) is 17.2. The van der Waals surface area contributed by atoms with Gasteiger partial charge in [-0.1, -0.05) is 83.1 Å². The molecule has 3 nitrogen and oxygen atoms in total. The second-order valence-electron chi connectivity index (χ2n) is 14.5. The molecular formula is C33H52O3Si. The maximum atomic E-state index is 11.4. The van der Waals surface area contributed by atoms with E-state index in [1.54, 1.807) is 11.1 Å². The van der Waals surface area contributed by atoms with Gasteiger partial charge in [-0.3, -0.25) is 0 Å². The van der Waals surface area contributed by atoms with Crippen LogP contribution in [0.3, 0.4) is 0 Å². The minimum Gasteiger partial charge on any atom is -0.466 e. The molecule has 0 bridgehead atoms. The van der Waals surface area contributed by atoms with E-state index in [2.05, 4.69) is 72.9 Å². The van der Waals surface area contributed by atoms with Gasteiger partial charge in [0.15, 0.2) is 8.32 Å². The summed E-state index contributed by atoms with van der Waals surface area (Å²) in [4.78, 5) is 11.4. The Hall–Kier alpha value is -1.39. The smallest absolute Gasteiger partial charge is 0.330 e. The maximum absolute atomic E-state index is 11.4. The number of allylic oxidation sites excluding steroid dienone is 6. The van der Waals surface area contributed by atoms with Crippen molar-refractivity contribution in [3.63, 3.8) is 0 Å². The molecule has 0 aromatic rings. The first-order valence-electron chi connectivity index (χ1n) is 14.7. The Morgan fingerprint density at radius 3 is 2.46 bits per heavy atom. The lowest BCUT2D eigenvalue weighted by atomic mass is 9.50. The van der Waals surface area contributed by atoms with Crippen molar-refractivity contribution in [1.29, 1.82) is 0 Å². The van der Waals surface area contributed by atoms with Gasteiger partial charge in [-0.15, -0.1) is 0 Å². The van der Waals surface area contributed by atoms with Crippen molar-refractivity contribution in [3.8, 4) is 0 Å². The van der Waals surface area contributed by atoms with Crippen LogP contribution in [-0.4, -0.2) is 27.5 Å². The van der Waals surface area contributed by atoms with Crippen molar-refractivity contribution in [2.24, 2.45) is 34.5 Å². The topological polar surface area (TPSA) is 35.5 Å². The minimum absolute atomic E-state index is 0.262. The summed E-state index contributed by atoms with van der Waals surface area (Å²) in [6.07, 6.45) is 21.9. The van der Waals surface area contributed by atoms with Crippen LogP contribution in [0.15, 0.2) is 47.6 Å². The Balaban J connectivity index is 1.50. The molecule has 0 N–H and O–H groups in total. The summed E-state index contributed by atoms with van der Waals surface area (Å²) in [6, 6.07) is 0. The van der Waals surface area contributed by atoms with Crippen LogP contribution < -0.4 is 0 Å². The van der Waals surface area contributed by atoms with E-state index in [0.717, 1.165) is 6.42 Å². The van der Waals surface area contributed by atoms with E-state index in [1.165, 1.54) is 51.7 Å². The number of carbonyl (C=O) groups is 1. The van der Waals surface area contributed by atoms with Crippen molar-refractivity contribution in [1.82, 2.24) is 0 Å². The quantitative estimate of drug-likeness (QED) is 0.151. The van der Waals surface area contributed by atoms with E-state index in [9.17, 15) is 4.79 Å². The highest BCUT2D eigenvalue weighted by Gasteiger charge is 2.57. The molecule has 0 amide bonds. The number of carbonyl (C=O) groups excluding carboxylic acids is 1. The fourth-order valence-electron chi connectivity index (χ4n) is 8.14. The van der Waals surface area contributed by atoms with Gasteiger partial charge in [0.1, 0.15) is 0 Å². The molecule has 0 aliphatic heterocycles. The Kier molecular flexibility index (Phi) is 7.96. The lowest BCUT2D eigenvalue weighted by Crippen LogP contribution is -2.49. The van der Waals surface area contributed by atoms with Crippen LogP contribution in [-0.2, 0) is 14.0 Å².